The molecule has 0 saturated carbocycles. The second kappa shape index (κ2) is 12.3. The number of carbonyl (C=O) groups is 1. The number of nitrogens with zero attached hydrogens (tertiary/aromatic N) is 2. The molecule has 0 spiro atoms. The van der Waals surface area contributed by atoms with E-state index >= 15 is 0 Å². The van der Waals surface area contributed by atoms with E-state index in [1.807, 2.05) is 56.3 Å². The molecule has 1 aromatic heterocycles. The number of rotatable bonds is 10. The molecular formula is C21H29N5O2. The molecule has 1 heterocycles. The summed E-state index contributed by atoms with van der Waals surface area (Å²) >= 11 is 0. The Morgan fingerprint density at radius 3 is 2.68 bits per heavy atom. The Labute approximate surface area is 166 Å². The quantitative estimate of drug-likeness (QED) is 0.334. The Morgan fingerprint density at radius 2 is 1.93 bits per heavy atom. The summed E-state index contributed by atoms with van der Waals surface area (Å²) in [5.74, 6) is 2.05. The van der Waals surface area contributed by atoms with Gasteiger partial charge in [0.15, 0.2) is 5.96 Å². The average molecular weight is 383 g/mol. The van der Waals surface area contributed by atoms with E-state index < -0.39 is 0 Å². The van der Waals surface area contributed by atoms with Crippen LogP contribution in [0.3, 0.4) is 0 Å². The van der Waals surface area contributed by atoms with Crippen molar-refractivity contribution in [1.29, 1.82) is 0 Å². The highest BCUT2D eigenvalue weighted by Crippen LogP contribution is 2.08. The predicted molar refractivity (Wildman–Crippen MR) is 113 cm³/mol. The molecule has 0 aliphatic carbocycles. The maximum absolute atomic E-state index is 12.0. The number of aliphatic imine (C=N–C) groups is 1. The molecule has 28 heavy (non-hydrogen) atoms. The van der Waals surface area contributed by atoms with Crippen molar-refractivity contribution in [2.24, 2.45) is 4.99 Å². The molecule has 0 fully saturated rings. The summed E-state index contributed by atoms with van der Waals surface area (Å²) < 4.78 is 5.66. The van der Waals surface area contributed by atoms with Crippen molar-refractivity contribution < 1.29 is 9.53 Å². The van der Waals surface area contributed by atoms with Crippen LogP contribution in [0.4, 0.5) is 5.82 Å². The van der Waals surface area contributed by atoms with Crippen LogP contribution in [0, 0.1) is 6.92 Å². The minimum absolute atomic E-state index is 0.0855. The molecule has 0 atom stereocenters. The third-order valence-electron chi connectivity index (χ3n) is 3.73. The fourth-order valence-electron chi connectivity index (χ4n) is 2.42. The SMILES string of the molecule is CCNC(=NCCCOc1ccccc1)NCCC(=O)Nc1cccc(C)n1. The van der Waals surface area contributed by atoms with Crippen LogP contribution >= 0.6 is 0 Å². The zero-order chi connectivity index (χ0) is 20.0. The van der Waals surface area contributed by atoms with Crippen LogP contribution in [0.2, 0.25) is 0 Å². The van der Waals surface area contributed by atoms with Gasteiger partial charge in [0.2, 0.25) is 5.91 Å². The molecule has 7 nitrogen and oxygen atoms in total. The Kier molecular flexibility index (Phi) is 9.34. The van der Waals surface area contributed by atoms with E-state index in [2.05, 4.69) is 25.9 Å². The molecule has 0 aliphatic heterocycles. The van der Waals surface area contributed by atoms with Crippen LogP contribution in [0.1, 0.15) is 25.5 Å². The Bertz CT molecular complexity index is 749. The number of anilines is 1. The van der Waals surface area contributed by atoms with E-state index in [0.29, 0.717) is 37.9 Å². The van der Waals surface area contributed by atoms with Crippen molar-refractivity contribution in [1.82, 2.24) is 15.6 Å². The molecule has 2 rings (SSSR count). The highest BCUT2D eigenvalue weighted by atomic mass is 16.5. The smallest absolute Gasteiger partial charge is 0.227 e. The normalized spacial score (nSPS) is 11.0. The third-order valence-corrected chi connectivity index (χ3v) is 3.73. The number of aromatic nitrogens is 1. The van der Waals surface area contributed by atoms with Crippen LogP contribution in [0.25, 0.3) is 0 Å². The average Bonchev–Trinajstić information content (AvgIpc) is 2.68. The maximum atomic E-state index is 12.0. The fraction of sp³-hybridized carbons (Fsp3) is 0.381. The summed E-state index contributed by atoms with van der Waals surface area (Å²) in [7, 11) is 0. The van der Waals surface area contributed by atoms with Gasteiger partial charge in [-0.15, -0.1) is 0 Å². The van der Waals surface area contributed by atoms with Crippen molar-refractivity contribution >= 4 is 17.7 Å². The molecule has 1 aromatic carbocycles. The Hall–Kier alpha value is -3.09. The van der Waals surface area contributed by atoms with Crippen molar-refractivity contribution in [3.63, 3.8) is 0 Å². The summed E-state index contributed by atoms with van der Waals surface area (Å²) in [6.45, 7) is 6.39. The number of hydrogen-bond acceptors (Lipinski definition) is 4. The number of aryl methyl sites for hydroxylation is 1. The molecule has 7 heteroatoms. The van der Waals surface area contributed by atoms with E-state index in [4.69, 9.17) is 4.74 Å². The first kappa shape index (κ1) is 21.2. The summed E-state index contributed by atoms with van der Waals surface area (Å²) in [6, 6.07) is 15.3. The second-order valence-electron chi connectivity index (χ2n) is 6.16. The molecule has 0 saturated heterocycles. The second-order valence-corrected chi connectivity index (χ2v) is 6.16. The van der Waals surface area contributed by atoms with Gasteiger partial charge in [-0.05, 0) is 38.1 Å². The molecule has 0 unspecified atom stereocenters. The molecule has 0 aliphatic rings. The minimum Gasteiger partial charge on any atom is -0.494 e. The zero-order valence-corrected chi connectivity index (χ0v) is 16.6. The van der Waals surface area contributed by atoms with Gasteiger partial charge in [0.05, 0.1) is 6.61 Å². The summed E-state index contributed by atoms with van der Waals surface area (Å²) in [5.41, 5.74) is 0.869. The Balaban J connectivity index is 1.66. The van der Waals surface area contributed by atoms with Crippen molar-refractivity contribution in [2.75, 3.05) is 31.6 Å². The van der Waals surface area contributed by atoms with Crippen LogP contribution in [-0.2, 0) is 4.79 Å². The summed E-state index contributed by atoms with van der Waals surface area (Å²) in [6.07, 6.45) is 1.14. The van der Waals surface area contributed by atoms with Crippen LogP contribution in [-0.4, -0.2) is 43.1 Å². The number of pyridine rings is 1. The van der Waals surface area contributed by atoms with Gasteiger partial charge in [0.1, 0.15) is 11.6 Å². The lowest BCUT2D eigenvalue weighted by molar-refractivity contribution is -0.116. The molecular weight excluding hydrogens is 354 g/mol. The number of para-hydroxylation sites is 1. The lowest BCUT2D eigenvalue weighted by Gasteiger charge is -2.11. The van der Waals surface area contributed by atoms with E-state index in [0.717, 1.165) is 24.4 Å². The Morgan fingerprint density at radius 1 is 1.11 bits per heavy atom. The number of nitrogens with one attached hydrogen (secondary N) is 3. The van der Waals surface area contributed by atoms with Gasteiger partial charge in [0, 0.05) is 38.2 Å². The van der Waals surface area contributed by atoms with E-state index in [1.54, 1.807) is 6.07 Å². The molecule has 0 radical (unpaired) electrons. The summed E-state index contributed by atoms with van der Waals surface area (Å²) in [4.78, 5) is 20.8. The monoisotopic (exact) mass is 383 g/mol. The fourth-order valence-corrected chi connectivity index (χ4v) is 2.42. The van der Waals surface area contributed by atoms with Gasteiger partial charge < -0.3 is 20.7 Å². The van der Waals surface area contributed by atoms with E-state index in [1.165, 1.54) is 0 Å². The van der Waals surface area contributed by atoms with Crippen molar-refractivity contribution in [3.05, 3.63) is 54.2 Å². The number of ether oxygens (including phenoxy) is 1. The van der Waals surface area contributed by atoms with Gasteiger partial charge in [-0.3, -0.25) is 9.79 Å². The number of carbonyl (C=O) groups excluding carboxylic acids is 1. The molecule has 0 bridgehead atoms. The lowest BCUT2D eigenvalue weighted by atomic mass is 10.3. The van der Waals surface area contributed by atoms with Gasteiger partial charge in [-0.1, -0.05) is 24.3 Å². The first-order valence-electron chi connectivity index (χ1n) is 9.61. The van der Waals surface area contributed by atoms with Crippen LogP contribution in [0.15, 0.2) is 53.5 Å². The van der Waals surface area contributed by atoms with Crippen molar-refractivity contribution in [2.45, 2.75) is 26.7 Å². The molecule has 2 aromatic rings. The predicted octanol–water partition coefficient (Wildman–Crippen LogP) is 2.74. The lowest BCUT2D eigenvalue weighted by Crippen LogP contribution is -2.38. The topological polar surface area (TPSA) is 87.6 Å². The first-order chi connectivity index (χ1) is 13.7. The number of amides is 1. The summed E-state index contributed by atoms with van der Waals surface area (Å²) in [5, 5.41) is 9.15. The van der Waals surface area contributed by atoms with Crippen LogP contribution < -0.4 is 20.7 Å². The van der Waals surface area contributed by atoms with Crippen LogP contribution in [0.5, 0.6) is 5.75 Å². The number of guanidine groups is 1. The van der Waals surface area contributed by atoms with Gasteiger partial charge in [0.25, 0.3) is 0 Å². The standard InChI is InChI=1S/C21H29N5O2/c1-3-22-21(23-14-8-16-28-18-10-5-4-6-11-18)24-15-13-20(27)26-19-12-7-9-17(2)25-19/h4-7,9-12H,3,8,13-16H2,1-2H3,(H2,22,23,24)(H,25,26,27). The molecule has 1 amide bonds. The third kappa shape index (κ3) is 8.53. The van der Waals surface area contributed by atoms with E-state index in [-0.39, 0.29) is 5.91 Å². The maximum Gasteiger partial charge on any atom is 0.227 e. The molecule has 150 valence electrons. The zero-order valence-electron chi connectivity index (χ0n) is 16.6. The van der Waals surface area contributed by atoms with Crippen molar-refractivity contribution in [3.8, 4) is 5.75 Å². The highest BCUT2D eigenvalue weighted by Gasteiger charge is 2.04. The van der Waals surface area contributed by atoms with Gasteiger partial charge in [-0.25, -0.2) is 4.98 Å². The minimum atomic E-state index is -0.0855. The largest absolute Gasteiger partial charge is 0.494 e. The number of hydrogen-bond donors (Lipinski definition) is 3. The van der Waals surface area contributed by atoms with Gasteiger partial charge in [-0.2, -0.15) is 0 Å². The first-order valence-corrected chi connectivity index (χ1v) is 9.61. The number of benzene rings is 1. The van der Waals surface area contributed by atoms with E-state index in [9.17, 15) is 4.79 Å². The highest BCUT2D eigenvalue weighted by molar-refractivity contribution is 5.90. The van der Waals surface area contributed by atoms with Gasteiger partial charge >= 0.3 is 0 Å². The molecule has 3 N–H and O–H groups in total.